The van der Waals surface area contributed by atoms with Crippen molar-refractivity contribution in [2.45, 2.75) is 0 Å². The smallest absolute Gasteiger partial charge is 0.135 e. The van der Waals surface area contributed by atoms with Crippen molar-refractivity contribution in [3.8, 4) is 77.9 Å². The predicted molar refractivity (Wildman–Crippen MR) is 399 cm³/mol. The molecule has 0 aliphatic rings. The second kappa shape index (κ2) is 20.6. The summed E-state index contributed by atoms with van der Waals surface area (Å²) in [4.78, 5) is 0. The first kappa shape index (κ1) is 52.4. The molecule has 94 heavy (non-hydrogen) atoms. The van der Waals surface area contributed by atoms with Crippen molar-refractivity contribution in [2.24, 2.45) is 0 Å². The minimum atomic E-state index is 0.891. The number of rotatable bonds is 7. The highest BCUT2D eigenvalue weighted by Crippen LogP contribution is 2.50. The molecule has 0 amide bonds. The molecule has 2 heteroatoms. The summed E-state index contributed by atoms with van der Waals surface area (Å²) in [5.74, 6) is 0. The zero-order chi connectivity index (χ0) is 61.5. The first-order valence-corrected chi connectivity index (χ1v) is 32.4. The van der Waals surface area contributed by atoms with Crippen LogP contribution in [0.3, 0.4) is 0 Å². The van der Waals surface area contributed by atoms with Crippen LogP contribution in [0.5, 0.6) is 0 Å². The third-order valence-electron chi connectivity index (χ3n) is 20.2. The van der Waals surface area contributed by atoms with Crippen molar-refractivity contribution in [2.75, 3.05) is 0 Å². The molecule has 0 atom stereocenters. The molecule has 0 saturated heterocycles. The summed E-state index contributed by atoms with van der Waals surface area (Å²) in [6.07, 6.45) is 0. The van der Waals surface area contributed by atoms with Gasteiger partial charge in [-0.2, -0.15) is 0 Å². The SMILES string of the molecule is c1ccc2cc(-c3ccc4c(-c5ccc6oc7ccccc7c6c5)c5ccccc5c(-c5cccc6ccc(-c7cccc8cc(-c9ccc%10c(-c%11ccc%12oc%13ccccc%13c%12c%11)c%11ccccc%11c(-c%11ccc%12ccccc%12c%11)c%10c9)ccc78)cc56)c4c3)ccc2c1. The summed E-state index contributed by atoms with van der Waals surface area (Å²) < 4.78 is 12.8. The van der Waals surface area contributed by atoms with E-state index in [9.17, 15) is 0 Å². The standard InChI is InChI=1S/C92H54O2/c1-3-17-58-47-60(34-31-55(58)15-1)63-39-44-79-84(51-63)92(76-26-8-7-25-75(76)90(79)68-41-46-88-82(54-68)72-22-10-12-30-86(72)94-88)77-28-13-19-57-33-35-65(52-80(57)77)69-27-14-20-64-48-61(37-42-70(64)69)62-38-43-78-83(50-62)91(66-36-32-56-16-2-4-18-59(56)49-66)74-24-6-5-23-73(74)89(78)67-40-45-87-81(53-67)71-21-9-11-29-85(71)93-87/h1-54H. The quantitative estimate of drug-likeness (QED) is 0.149. The minimum Gasteiger partial charge on any atom is -0.456 e. The van der Waals surface area contributed by atoms with E-state index in [2.05, 4.69) is 315 Å². The largest absolute Gasteiger partial charge is 0.456 e. The van der Waals surface area contributed by atoms with Crippen LogP contribution in [0.15, 0.2) is 336 Å². The fraction of sp³-hybridized carbons (Fsp3) is 0. The molecule has 0 N–H and O–H groups in total. The van der Waals surface area contributed by atoms with E-state index in [0.29, 0.717) is 0 Å². The third kappa shape index (κ3) is 8.16. The summed E-state index contributed by atoms with van der Waals surface area (Å²) in [5, 5.41) is 23.9. The van der Waals surface area contributed by atoms with E-state index in [4.69, 9.17) is 8.83 Å². The number of hydrogen-bond acceptors (Lipinski definition) is 2. The molecule has 0 aliphatic heterocycles. The van der Waals surface area contributed by atoms with Gasteiger partial charge in [0, 0.05) is 21.5 Å². The Morgan fingerprint density at radius 1 is 0.138 bits per heavy atom. The van der Waals surface area contributed by atoms with E-state index in [1.165, 1.54) is 153 Å². The molecular weight excluding hydrogens is 1140 g/mol. The molecule has 0 unspecified atom stereocenters. The highest BCUT2D eigenvalue weighted by Gasteiger charge is 2.23. The summed E-state index contributed by atoms with van der Waals surface area (Å²) in [6.45, 7) is 0. The van der Waals surface area contributed by atoms with Gasteiger partial charge in [-0.15, -0.1) is 0 Å². The zero-order valence-electron chi connectivity index (χ0n) is 51.0. The molecule has 2 nitrogen and oxygen atoms in total. The fourth-order valence-corrected chi connectivity index (χ4v) is 15.8. The van der Waals surface area contributed by atoms with E-state index in [1.807, 2.05) is 12.1 Å². The second-order valence-corrected chi connectivity index (χ2v) is 25.3. The van der Waals surface area contributed by atoms with Gasteiger partial charge in [0.1, 0.15) is 22.3 Å². The van der Waals surface area contributed by atoms with E-state index in [1.54, 1.807) is 0 Å². The van der Waals surface area contributed by atoms with Crippen LogP contribution in [0.1, 0.15) is 0 Å². The van der Waals surface area contributed by atoms with Gasteiger partial charge in [-0.25, -0.2) is 0 Å². The van der Waals surface area contributed by atoms with Gasteiger partial charge in [0.05, 0.1) is 0 Å². The molecule has 0 bridgehead atoms. The number of hydrogen-bond donors (Lipinski definition) is 0. The number of fused-ring (bicyclic) bond motifs is 14. The number of furan rings is 2. The second-order valence-electron chi connectivity index (χ2n) is 25.3. The van der Waals surface area contributed by atoms with Crippen molar-refractivity contribution in [1.82, 2.24) is 0 Å². The van der Waals surface area contributed by atoms with Crippen molar-refractivity contribution in [3.63, 3.8) is 0 Å². The molecule has 20 aromatic rings. The lowest BCUT2D eigenvalue weighted by atomic mass is 9.83. The Bertz CT molecular complexity index is 6610. The molecule has 0 radical (unpaired) electrons. The van der Waals surface area contributed by atoms with E-state index < -0.39 is 0 Å². The average molecular weight is 1190 g/mol. The van der Waals surface area contributed by atoms with Gasteiger partial charge in [-0.05, 0) is 237 Å². The topological polar surface area (TPSA) is 26.3 Å². The van der Waals surface area contributed by atoms with Crippen molar-refractivity contribution in [1.29, 1.82) is 0 Å². The zero-order valence-corrected chi connectivity index (χ0v) is 51.0. The Morgan fingerprint density at radius 2 is 0.468 bits per heavy atom. The molecule has 434 valence electrons. The fourth-order valence-electron chi connectivity index (χ4n) is 15.8. The third-order valence-corrected chi connectivity index (χ3v) is 20.2. The van der Waals surface area contributed by atoms with Crippen LogP contribution in [0, 0.1) is 0 Å². The molecule has 20 rings (SSSR count). The Morgan fingerprint density at radius 3 is 1.05 bits per heavy atom. The van der Waals surface area contributed by atoms with Gasteiger partial charge in [-0.3, -0.25) is 0 Å². The number of benzene rings is 18. The Kier molecular flexibility index (Phi) is 11.5. The molecule has 0 spiro atoms. The highest BCUT2D eigenvalue weighted by atomic mass is 16.3. The maximum Gasteiger partial charge on any atom is 0.135 e. The van der Waals surface area contributed by atoms with Crippen LogP contribution in [0.4, 0.5) is 0 Å². The van der Waals surface area contributed by atoms with Crippen molar-refractivity contribution in [3.05, 3.63) is 328 Å². The van der Waals surface area contributed by atoms with Crippen molar-refractivity contribution >= 4 is 130 Å². The molecule has 0 aliphatic carbocycles. The Hall–Kier alpha value is -12.4. The van der Waals surface area contributed by atoms with Gasteiger partial charge >= 0.3 is 0 Å². The maximum atomic E-state index is 6.40. The molecule has 0 fully saturated rings. The lowest BCUT2D eigenvalue weighted by Crippen LogP contribution is -1.93. The summed E-state index contributed by atoms with van der Waals surface area (Å²) >= 11 is 0. The molecule has 0 saturated carbocycles. The van der Waals surface area contributed by atoms with Gasteiger partial charge < -0.3 is 8.83 Å². The number of para-hydroxylation sites is 2. The highest BCUT2D eigenvalue weighted by molar-refractivity contribution is 6.26. The van der Waals surface area contributed by atoms with E-state index in [-0.39, 0.29) is 0 Å². The Balaban J connectivity index is 0.755. The van der Waals surface area contributed by atoms with Crippen LogP contribution < -0.4 is 0 Å². The normalized spacial score (nSPS) is 12.0. The predicted octanol–water partition coefficient (Wildman–Crippen LogP) is 26.4. The van der Waals surface area contributed by atoms with Crippen LogP contribution in [-0.2, 0) is 0 Å². The average Bonchev–Trinajstić information content (AvgIpc) is 0.868. The molecule has 2 aromatic heterocycles. The molecule has 2 heterocycles. The van der Waals surface area contributed by atoms with Crippen LogP contribution in [-0.4, -0.2) is 0 Å². The van der Waals surface area contributed by atoms with Crippen LogP contribution >= 0.6 is 0 Å². The first-order chi connectivity index (χ1) is 46.6. The van der Waals surface area contributed by atoms with Gasteiger partial charge in [-0.1, -0.05) is 255 Å². The molecule has 18 aromatic carbocycles. The monoisotopic (exact) mass is 1190 g/mol. The summed E-state index contributed by atoms with van der Waals surface area (Å²) in [7, 11) is 0. The summed E-state index contributed by atoms with van der Waals surface area (Å²) in [5.41, 5.74) is 20.3. The first-order valence-electron chi connectivity index (χ1n) is 32.4. The Labute approximate surface area is 541 Å². The van der Waals surface area contributed by atoms with Gasteiger partial charge in [0.15, 0.2) is 0 Å². The van der Waals surface area contributed by atoms with E-state index in [0.717, 1.165) is 55.0 Å². The molecular formula is C92H54O2. The lowest BCUT2D eigenvalue weighted by Gasteiger charge is -2.20. The van der Waals surface area contributed by atoms with Gasteiger partial charge in [0.25, 0.3) is 0 Å². The maximum absolute atomic E-state index is 6.40. The lowest BCUT2D eigenvalue weighted by molar-refractivity contribution is 0.668. The minimum absolute atomic E-state index is 0.891. The summed E-state index contributed by atoms with van der Waals surface area (Å²) in [6, 6.07) is 121. The van der Waals surface area contributed by atoms with Crippen LogP contribution in [0.25, 0.3) is 208 Å². The van der Waals surface area contributed by atoms with Crippen molar-refractivity contribution < 1.29 is 8.83 Å². The van der Waals surface area contributed by atoms with E-state index >= 15 is 0 Å². The van der Waals surface area contributed by atoms with Crippen LogP contribution in [0.2, 0.25) is 0 Å². The van der Waals surface area contributed by atoms with Gasteiger partial charge in [0.2, 0.25) is 0 Å².